The lowest BCUT2D eigenvalue weighted by Gasteiger charge is -2.41. The van der Waals surface area contributed by atoms with Gasteiger partial charge in [-0.15, -0.1) is 0 Å². The molecule has 1 aliphatic rings. The summed E-state index contributed by atoms with van der Waals surface area (Å²) in [6.45, 7) is 14.0. The molecule has 9 atom stereocenters. The zero-order valence-electron chi connectivity index (χ0n) is 40.0. The summed E-state index contributed by atoms with van der Waals surface area (Å²) in [5.41, 5.74) is 7.08. The number of sulfonamides is 1. The second-order valence-corrected chi connectivity index (χ2v) is 19.7. The van der Waals surface area contributed by atoms with Gasteiger partial charge in [0.25, 0.3) is 15.9 Å². The van der Waals surface area contributed by atoms with Gasteiger partial charge in [0, 0.05) is 40.8 Å². The van der Waals surface area contributed by atoms with E-state index in [-0.39, 0.29) is 59.8 Å². The number of benzene rings is 2. The molecule has 2 aromatic rings. The van der Waals surface area contributed by atoms with Crippen molar-refractivity contribution in [2.24, 2.45) is 29.4 Å². The first-order valence-electron chi connectivity index (χ1n) is 22.4. The van der Waals surface area contributed by atoms with E-state index in [4.69, 9.17) is 15.2 Å². The van der Waals surface area contributed by atoms with Gasteiger partial charge in [0.2, 0.25) is 23.6 Å². The number of hydrogen-bond donors (Lipinski definition) is 4. The summed E-state index contributed by atoms with van der Waals surface area (Å²) in [5, 5.41) is 5.80. The van der Waals surface area contributed by atoms with Crippen molar-refractivity contribution in [3.63, 3.8) is 0 Å². The average molecular weight is 914 g/mol. The van der Waals surface area contributed by atoms with Crippen LogP contribution in [0.1, 0.15) is 85.3 Å². The van der Waals surface area contributed by atoms with Crippen molar-refractivity contribution >= 4 is 39.6 Å². The Morgan fingerprint density at radius 3 is 1.97 bits per heavy atom. The van der Waals surface area contributed by atoms with Gasteiger partial charge in [-0.05, 0) is 68.0 Å². The molecule has 3 rings (SSSR count). The number of carbonyl (C=O) groups is 5. The molecule has 1 aliphatic heterocycles. The van der Waals surface area contributed by atoms with Crippen LogP contribution in [0, 0.1) is 23.7 Å². The quantitative estimate of drug-likeness (QED) is 0.120. The number of ether oxygens (including phenoxy) is 2. The molecule has 5 N–H and O–H groups in total. The molecule has 0 bridgehead atoms. The SMILES string of the molecule is CC[C@H](C)[C@@H]([C@@H](CC(=O)N1CCC[C@H]1[C@H](OC)[C@@H](C)C(=O)NC(Cc1ccccc1)C(=O)NS(=O)(=O)c1ccc(CN)cc1)OC)N(C)C(=O)[C@@H](NC(=O)[C@H](C(C)C)N(C)C)C(C)C. The summed E-state index contributed by atoms with van der Waals surface area (Å²) >= 11 is 0. The fourth-order valence-corrected chi connectivity index (χ4v) is 9.86. The second-order valence-electron chi connectivity index (χ2n) is 18.0. The Morgan fingerprint density at radius 1 is 0.828 bits per heavy atom. The molecule has 358 valence electrons. The van der Waals surface area contributed by atoms with Gasteiger partial charge in [0.1, 0.15) is 12.1 Å². The van der Waals surface area contributed by atoms with Gasteiger partial charge in [0.15, 0.2) is 0 Å². The number of carbonyl (C=O) groups excluding carboxylic acids is 5. The van der Waals surface area contributed by atoms with Crippen molar-refractivity contribution in [3.05, 3.63) is 65.7 Å². The number of nitrogens with zero attached hydrogens (tertiary/aromatic N) is 3. The minimum Gasteiger partial charge on any atom is -0.379 e. The molecule has 1 fully saturated rings. The van der Waals surface area contributed by atoms with E-state index in [0.29, 0.717) is 31.4 Å². The number of nitrogens with two attached hydrogens (primary N) is 1. The standard InChI is InChI=1S/C47H75N7O9S/c1-13-31(6)42(53(10)47(59)40(29(2)3)50-46(58)41(30(4)5)52(8)9)38(62-11)27-39(55)54-25-17-20-37(54)43(63-12)32(7)44(56)49-36(26-33-18-15-14-16-19-33)45(57)51-64(60,61)35-23-21-34(28-48)22-24-35/h14-16,18-19,21-24,29-32,36-38,40-43H,13,17,20,25-28,48H2,1-12H3,(H,49,56)(H,50,58)(H,51,57)/t31-,32+,36?,37-,38+,40-,41-,42-,43+/m0/s1. The smallest absolute Gasteiger partial charge is 0.264 e. The highest BCUT2D eigenvalue weighted by molar-refractivity contribution is 7.90. The Labute approximate surface area is 381 Å². The lowest BCUT2D eigenvalue weighted by Crippen LogP contribution is -2.59. The van der Waals surface area contributed by atoms with Gasteiger partial charge in [-0.2, -0.15) is 0 Å². The fraction of sp³-hybridized carbons (Fsp3) is 0.638. The third-order valence-corrected chi connectivity index (χ3v) is 13.9. The average Bonchev–Trinajstić information content (AvgIpc) is 3.74. The predicted octanol–water partition coefficient (Wildman–Crippen LogP) is 3.33. The molecule has 0 aliphatic carbocycles. The molecule has 1 unspecified atom stereocenters. The highest BCUT2D eigenvalue weighted by atomic mass is 32.2. The lowest BCUT2D eigenvalue weighted by atomic mass is 9.89. The number of amides is 5. The van der Waals surface area contributed by atoms with Crippen molar-refractivity contribution in [3.8, 4) is 0 Å². The Bertz CT molecular complexity index is 1940. The van der Waals surface area contributed by atoms with Gasteiger partial charge in [-0.1, -0.05) is 97.4 Å². The first-order chi connectivity index (χ1) is 30.1. The summed E-state index contributed by atoms with van der Waals surface area (Å²) in [6, 6.07) is 11.2. The number of rotatable bonds is 24. The Morgan fingerprint density at radius 2 is 1.45 bits per heavy atom. The fourth-order valence-electron chi connectivity index (χ4n) is 8.84. The van der Waals surface area contributed by atoms with Crippen molar-refractivity contribution in [2.45, 2.75) is 134 Å². The van der Waals surface area contributed by atoms with Crippen LogP contribution in [0.5, 0.6) is 0 Å². The number of likely N-dealkylation sites (N-methyl/N-ethyl adjacent to an activating group) is 2. The minimum atomic E-state index is -4.30. The number of likely N-dealkylation sites (tertiary alicyclic amines) is 1. The van der Waals surface area contributed by atoms with Crippen molar-refractivity contribution in [1.29, 1.82) is 0 Å². The summed E-state index contributed by atoms with van der Waals surface area (Å²) in [5.74, 6) is -3.39. The maximum absolute atomic E-state index is 14.4. The molecule has 17 heteroatoms. The van der Waals surface area contributed by atoms with E-state index in [1.54, 1.807) is 60.2 Å². The normalized spacial score (nSPS) is 18.1. The minimum absolute atomic E-state index is 0.00396. The van der Waals surface area contributed by atoms with Crippen LogP contribution < -0.4 is 21.1 Å². The van der Waals surface area contributed by atoms with E-state index in [1.807, 2.05) is 66.6 Å². The van der Waals surface area contributed by atoms with Gasteiger partial charge in [0.05, 0.1) is 47.6 Å². The Hall–Kier alpha value is -4.42. The van der Waals surface area contributed by atoms with Crippen LogP contribution in [-0.2, 0) is 56.4 Å². The maximum Gasteiger partial charge on any atom is 0.264 e. The summed E-state index contributed by atoms with van der Waals surface area (Å²) in [7, 11) is 4.06. The number of methoxy groups -OCH3 is 2. The summed E-state index contributed by atoms with van der Waals surface area (Å²) < 4.78 is 40.7. The van der Waals surface area contributed by atoms with Crippen molar-refractivity contribution in [1.82, 2.24) is 30.1 Å². The Balaban J connectivity index is 1.83. The molecular weight excluding hydrogens is 839 g/mol. The van der Waals surface area contributed by atoms with Crippen LogP contribution in [0.2, 0.25) is 0 Å². The van der Waals surface area contributed by atoms with E-state index in [1.165, 1.54) is 26.4 Å². The summed E-state index contributed by atoms with van der Waals surface area (Å²) in [6.07, 6.45) is 0.325. The van der Waals surface area contributed by atoms with E-state index in [9.17, 15) is 32.4 Å². The first-order valence-corrected chi connectivity index (χ1v) is 23.9. The zero-order chi connectivity index (χ0) is 48.1. The van der Waals surface area contributed by atoms with Crippen LogP contribution in [0.15, 0.2) is 59.5 Å². The van der Waals surface area contributed by atoms with Crippen LogP contribution in [0.25, 0.3) is 0 Å². The van der Waals surface area contributed by atoms with Gasteiger partial charge in [-0.25, -0.2) is 13.1 Å². The third-order valence-electron chi connectivity index (χ3n) is 12.6. The molecule has 16 nitrogen and oxygen atoms in total. The highest BCUT2D eigenvalue weighted by Crippen LogP contribution is 2.30. The molecule has 64 heavy (non-hydrogen) atoms. The number of hydrogen-bond acceptors (Lipinski definition) is 11. The second kappa shape index (κ2) is 24.8. The third kappa shape index (κ3) is 14.0. The largest absolute Gasteiger partial charge is 0.379 e. The van der Waals surface area contributed by atoms with Gasteiger partial charge >= 0.3 is 0 Å². The molecule has 0 aromatic heterocycles. The predicted molar refractivity (Wildman–Crippen MR) is 247 cm³/mol. The van der Waals surface area contributed by atoms with E-state index >= 15 is 0 Å². The molecule has 1 heterocycles. The Kier molecular flexibility index (Phi) is 20.9. The highest BCUT2D eigenvalue weighted by Gasteiger charge is 2.43. The molecule has 1 saturated heterocycles. The molecule has 2 aromatic carbocycles. The van der Waals surface area contributed by atoms with Gasteiger partial charge in [-0.3, -0.25) is 28.9 Å². The van der Waals surface area contributed by atoms with Crippen LogP contribution in [0.4, 0.5) is 0 Å². The van der Waals surface area contributed by atoms with E-state index in [0.717, 1.165) is 5.56 Å². The molecule has 0 saturated carbocycles. The van der Waals surface area contributed by atoms with E-state index in [2.05, 4.69) is 15.4 Å². The summed E-state index contributed by atoms with van der Waals surface area (Å²) in [4.78, 5) is 75.1. The van der Waals surface area contributed by atoms with Crippen LogP contribution in [-0.4, -0.2) is 137 Å². The van der Waals surface area contributed by atoms with Crippen molar-refractivity contribution in [2.75, 3.05) is 41.9 Å². The molecular formula is C47H75N7O9S. The van der Waals surface area contributed by atoms with Gasteiger partial charge < -0.3 is 35.6 Å². The van der Waals surface area contributed by atoms with Crippen molar-refractivity contribution < 1.29 is 41.9 Å². The van der Waals surface area contributed by atoms with Crippen LogP contribution >= 0.6 is 0 Å². The lowest BCUT2D eigenvalue weighted by molar-refractivity contribution is -0.148. The topological polar surface area (TPSA) is 210 Å². The number of nitrogens with one attached hydrogen (secondary N) is 3. The molecule has 5 amide bonds. The van der Waals surface area contributed by atoms with E-state index < -0.39 is 70.2 Å². The molecule has 0 radical (unpaired) electrons. The van der Waals surface area contributed by atoms with Crippen LogP contribution in [0.3, 0.4) is 0 Å². The first kappa shape index (κ1) is 53.9. The zero-order valence-corrected chi connectivity index (χ0v) is 40.8. The maximum atomic E-state index is 14.4. The monoisotopic (exact) mass is 914 g/mol. The molecule has 0 spiro atoms.